The molecule has 0 radical (unpaired) electrons. The van der Waals surface area contributed by atoms with Gasteiger partial charge in [-0.2, -0.15) is 10.3 Å². The summed E-state index contributed by atoms with van der Waals surface area (Å²) in [6.45, 7) is 3.83. The van der Waals surface area contributed by atoms with E-state index in [1.54, 1.807) is 16.8 Å². The predicted octanol–water partition coefficient (Wildman–Crippen LogP) is 1.37. The molecule has 0 atom stereocenters. The Labute approximate surface area is 119 Å². The van der Waals surface area contributed by atoms with Crippen molar-refractivity contribution < 1.29 is 9.90 Å². The summed E-state index contributed by atoms with van der Waals surface area (Å²) in [4.78, 5) is 11.3. The second-order valence-electron chi connectivity index (χ2n) is 4.61. The quantitative estimate of drug-likeness (QED) is 0.751. The minimum atomic E-state index is -1.05. The lowest BCUT2D eigenvalue weighted by Gasteiger charge is -2.08. The van der Waals surface area contributed by atoms with Gasteiger partial charge in [-0.3, -0.25) is 0 Å². The number of benzene rings is 1. The fraction of sp³-hybridized carbons (Fsp3) is 0.154. The van der Waals surface area contributed by atoms with Crippen molar-refractivity contribution in [2.75, 3.05) is 0 Å². The van der Waals surface area contributed by atoms with Crippen molar-refractivity contribution in [3.05, 3.63) is 41.2 Å². The Balaban J connectivity index is 2.19. The number of hydrogen-bond donors (Lipinski definition) is 2. The van der Waals surface area contributed by atoms with Crippen LogP contribution in [0.15, 0.2) is 24.3 Å². The van der Waals surface area contributed by atoms with E-state index in [2.05, 4.69) is 25.7 Å². The van der Waals surface area contributed by atoms with Crippen LogP contribution in [0.1, 0.15) is 21.7 Å². The minimum absolute atomic E-state index is 0.113. The summed E-state index contributed by atoms with van der Waals surface area (Å²) in [5.74, 6) is -0.814. The van der Waals surface area contributed by atoms with E-state index in [1.807, 2.05) is 19.9 Å². The van der Waals surface area contributed by atoms with Gasteiger partial charge in [-0.15, -0.1) is 10.2 Å². The van der Waals surface area contributed by atoms with Crippen molar-refractivity contribution in [2.45, 2.75) is 13.8 Å². The van der Waals surface area contributed by atoms with E-state index in [4.69, 9.17) is 0 Å². The molecule has 0 saturated heterocycles. The molecule has 1 aromatic carbocycles. The fourth-order valence-electron chi connectivity index (χ4n) is 2.20. The summed E-state index contributed by atoms with van der Waals surface area (Å²) in [5.41, 5.74) is 3.08. The summed E-state index contributed by atoms with van der Waals surface area (Å²) in [7, 11) is 0. The van der Waals surface area contributed by atoms with E-state index in [1.165, 1.54) is 6.07 Å². The van der Waals surface area contributed by atoms with Crippen LogP contribution in [0.3, 0.4) is 0 Å². The Bertz CT molecular complexity index is 806. The Morgan fingerprint density at radius 3 is 2.67 bits per heavy atom. The van der Waals surface area contributed by atoms with Crippen molar-refractivity contribution in [3.63, 3.8) is 0 Å². The van der Waals surface area contributed by atoms with Gasteiger partial charge in [-0.25, -0.2) is 9.48 Å². The third-order valence-electron chi connectivity index (χ3n) is 3.07. The smallest absolute Gasteiger partial charge is 0.336 e. The number of aromatic carboxylic acids is 1. The highest BCUT2D eigenvalue weighted by atomic mass is 16.4. The molecule has 2 N–H and O–H groups in total. The SMILES string of the molecule is Cc1cc(C)n(-c2ccc(C(=O)O)c(-c3nn[nH]n3)c2)n1. The molecule has 21 heavy (non-hydrogen) atoms. The number of nitrogens with one attached hydrogen (secondary N) is 1. The Hall–Kier alpha value is -3.03. The van der Waals surface area contributed by atoms with Crippen molar-refractivity contribution >= 4 is 5.97 Å². The van der Waals surface area contributed by atoms with Gasteiger partial charge < -0.3 is 5.11 Å². The Morgan fingerprint density at radius 1 is 1.29 bits per heavy atom. The van der Waals surface area contributed by atoms with Gasteiger partial charge in [0.25, 0.3) is 0 Å². The maximum absolute atomic E-state index is 11.3. The Kier molecular flexibility index (Phi) is 2.98. The number of aromatic nitrogens is 6. The van der Waals surface area contributed by atoms with Gasteiger partial charge in [0.1, 0.15) is 0 Å². The first-order valence-electron chi connectivity index (χ1n) is 6.21. The lowest BCUT2D eigenvalue weighted by Crippen LogP contribution is -2.04. The van der Waals surface area contributed by atoms with E-state index < -0.39 is 5.97 Å². The molecule has 0 aliphatic heterocycles. The van der Waals surface area contributed by atoms with Crippen LogP contribution >= 0.6 is 0 Å². The molecule has 0 amide bonds. The van der Waals surface area contributed by atoms with Crippen LogP contribution < -0.4 is 0 Å². The maximum atomic E-state index is 11.3. The van der Waals surface area contributed by atoms with Gasteiger partial charge in [-0.05, 0) is 43.3 Å². The first-order chi connectivity index (χ1) is 10.1. The second kappa shape index (κ2) is 4.82. The number of rotatable bonds is 3. The van der Waals surface area contributed by atoms with Crippen LogP contribution in [0.25, 0.3) is 17.1 Å². The van der Waals surface area contributed by atoms with Crippen LogP contribution in [0.4, 0.5) is 0 Å². The van der Waals surface area contributed by atoms with Crippen LogP contribution in [-0.4, -0.2) is 41.5 Å². The Morgan fingerprint density at radius 2 is 2.10 bits per heavy atom. The molecule has 0 aliphatic carbocycles. The van der Waals surface area contributed by atoms with E-state index in [0.717, 1.165) is 17.1 Å². The summed E-state index contributed by atoms with van der Waals surface area (Å²) in [5, 5.41) is 27.2. The molecule has 3 rings (SSSR count). The number of H-pyrrole nitrogens is 1. The topological polar surface area (TPSA) is 110 Å². The van der Waals surface area contributed by atoms with Crippen molar-refractivity contribution in [1.29, 1.82) is 0 Å². The molecule has 3 aromatic rings. The maximum Gasteiger partial charge on any atom is 0.336 e. The third-order valence-corrected chi connectivity index (χ3v) is 3.07. The highest BCUT2D eigenvalue weighted by molar-refractivity contribution is 5.95. The minimum Gasteiger partial charge on any atom is -0.478 e. The number of hydrogen-bond acceptors (Lipinski definition) is 5. The first kappa shape index (κ1) is 13.0. The molecule has 2 heterocycles. The standard InChI is InChI=1S/C13H12N6O2/c1-7-5-8(2)19(16-7)9-3-4-10(13(20)21)11(6-9)12-14-17-18-15-12/h3-6H,1-2H3,(H,20,21)(H,14,15,17,18). The first-order valence-corrected chi connectivity index (χ1v) is 6.21. The third kappa shape index (κ3) is 2.27. The normalized spacial score (nSPS) is 10.8. The molecule has 106 valence electrons. The van der Waals surface area contributed by atoms with Gasteiger partial charge in [0, 0.05) is 11.3 Å². The fourth-order valence-corrected chi connectivity index (χ4v) is 2.20. The van der Waals surface area contributed by atoms with Gasteiger partial charge in [-0.1, -0.05) is 0 Å². The van der Waals surface area contributed by atoms with E-state index in [0.29, 0.717) is 5.56 Å². The lowest BCUT2D eigenvalue weighted by atomic mass is 10.1. The summed E-state index contributed by atoms with van der Waals surface area (Å²) in [6, 6.07) is 6.85. The van der Waals surface area contributed by atoms with Crippen LogP contribution in [0.2, 0.25) is 0 Å². The zero-order valence-electron chi connectivity index (χ0n) is 11.4. The summed E-state index contributed by atoms with van der Waals surface area (Å²) < 4.78 is 1.74. The molecule has 0 fully saturated rings. The lowest BCUT2D eigenvalue weighted by molar-refractivity contribution is 0.0697. The number of aryl methyl sites for hydroxylation is 2. The van der Waals surface area contributed by atoms with E-state index >= 15 is 0 Å². The van der Waals surface area contributed by atoms with E-state index in [-0.39, 0.29) is 11.4 Å². The van der Waals surface area contributed by atoms with Gasteiger partial charge >= 0.3 is 5.97 Å². The zero-order valence-corrected chi connectivity index (χ0v) is 11.4. The molecule has 8 heteroatoms. The largest absolute Gasteiger partial charge is 0.478 e. The highest BCUT2D eigenvalue weighted by Crippen LogP contribution is 2.24. The number of tetrazole rings is 1. The van der Waals surface area contributed by atoms with Gasteiger partial charge in [0.15, 0.2) is 0 Å². The second-order valence-corrected chi connectivity index (χ2v) is 4.61. The van der Waals surface area contributed by atoms with Crippen LogP contribution in [0.5, 0.6) is 0 Å². The molecule has 0 saturated carbocycles. The molecule has 0 spiro atoms. The number of carboxylic acid groups (broad SMARTS) is 1. The molecular formula is C13H12N6O2. The highest BCUT2D eigenvalue weighted by Gasteiger charge is 2.17. The summed E-state index contributed by atoms with van der Waals surface area (Å²) >= 11 is 0. The molecular weight excluding hydrogens is 272 g/mol. The van der Waals surface area contributed by atoms with Crippen LogP contribution in [-0.2, 0) is 0 Å². The van der Waals surface area contributed by atoms with Crippen LogP contribution in [0, 0.1) is 13.8 Å². The van der Waals surface area contributed by atoms with Crippen molar-refractivity contribution in [3.8, 4) is 17.1 Å². The number of nitrogens with zero attached hydrogens (tertiary/aromatic N) is 5. The predicted molar refractivity (Wildman–Crippen MR) is 73.2 cm³/mol. The molecule has 0 bridgehead atoms. The molecule has 8 nitrogen and oxygen atoms in total. The average Bonchev–Trinajstić information content (AvgIpc) is 3.07. The molecule has 0 aliphatic rings. The van der Waals surface area contributed by atoms with Crippen molar-refractivity contribution in [2.24, 2.45) is 0 Å². The number of aromatic amines is 1. The van der Waals surface area contributed by atoms with E-state index in [9.17, 15) is 9.90 Å². The molecule has 0 unspecified atom stereocenters. The van der Waals surface area contributed by atoms with Crippen molar-refractivity contribution in [1.82, 2.24) is 30.4 Å². The number of carbonyl (C=O) groups is 1. The number of carboxylic acids is 1. The zero-order chi connectivity index (χ0) is 15.0. The van der Waals surface area contributed by atoms with Gasteiger partial charge in [0.05, 0.1) is 16.9 Å². The monoisotopic (exact) mass is 284 g/mol. The molecule has 2 aromatic heterocycles. The average molecular weight is 284 g/mol. The summed E-state index contributed by atoms with van der Waals surface area (Å²) in [6.07, 6.45) is 0. The van der Waals surface area contributed by atoms with Gasteiger partial charge in [0.2, 0.25) is 5.82 Å².